The average molecular weight is 448 g/mol. The van der Waals surface area contributed by atoms with Crippen molar-refractivity contribution in [3.05, 3.63) is 34.9 Å². The number of ether oxygens (including phenoxy) is 2. The second-order valence-corrected chi connectivity index (χ2v) is 11.3. The lowest BCUT2D eigenvalue weighted by atomic mass is 9.74. The minimum atomic E-state index is -0.673. The fourth-order valence-corrected chi connectivity index (χ4v) is 6.67. The number of nitrogens with two attached hydrogens (primary N) is 1. The number of rotatable bonds is 6. The van der Waals surface area contributed by atoms with Gasteiger partial charge in [-0.25, -0.2) is 4.79 Å². The van der Waals surface area contributed by atoms with Crippen LogP contribution < -0.4 is 5.73 Å². The van der Waals surface area contributed by atoms with Crippen LogP contribution in [0, 0.1) is 5.41 Å². The number of carbonyl (C=O) groups excluding carboxylic acids is 1. The Morgan fingerprint density at radius 1 is 1.29 bits per heavy atom. The topological polar surface area (TPSA) is 61.5 Å². The number of fused-ring (bicyclic) bond motifs is 1. The summed E-state index contributed by atoms with van der Waals surface area (Å²) in [7, 11) is 0. The molecule has 0 radical (unpaired) electrons. The summed E-state index contributed by atoms with van der Waals surface area (Å²) in [5.41, 5.74) is 9.47. The van der Waals surface area contributed by atoms with Gasteiger partial charge in [-0.15, -0.1) is 11.6 Å². The predicted molar refractivity (Wildman–Crippen MR) is 125 cm³/mol. The number of alkyl halides is 1. The fourth-order valence-electron chi connectivity index (χ4n) is 6.19. The van der Waals surface area contributed by atoms with Crippen molar-refractivity contribution in [2.24, 2.45) is 11.1 Å². The first-order valence-corrected chi connectivity index (χ1v) is 12.6. The van der Waals surface area contributed by atoms with Gasteiger partial charge in [0.25, 0.3) is 0 Å². The van der Waals surface area contributed by atoms with Crippen LogP contribution in [0.3, 0.4) is 0 Å². The Hall–Kier alpha value is -1.26. The van der Waals surface area contributed by atoms with Gasteiger partial charge in [0.2, 0.25) is 0 Å². The van der Waals surface area contributed by atoms with Crippen LogP contribution in [-0.4, -0.2) is 29.8 Å². The maximum atomic E-state index is 11.0. The summed E-state index contributed by atoms with van der Waals surface area (Å²) in [5.74, 6) is 0.527. The first-order valence-electron chi connectivity index (χ1n) is 12.2. The molecule has 4 nitrogen and oxygen atoms in total. The van der Waals surface area contributed by atoms with E-state index >= 15 is 0 Å². The lowest BCUT2D eigenvalue weighted by Crippen LogP contribution is -2.48. The molecular weight excluding hydrogens is 410 g/mol. The average Bonchev–Trinajstić information content (AvgIpc) is 3.12. The third-order valence-corrected chi connectivity index (χ3v) is 8.20. The van der Waals surface area contributed by atoms with Gasteiger partial charge in [-0.3, -0.25) is 0 Å². The van der Waals surface area contributed by atoms with E-state index in [2.05, 4.69) is 32.0 Å². The standard InChI is InChI=1S/C26H38ClNO3/c1-3-4-5-23-13-22(27)16-26(31-23)11-9-19-12-18(6-7-20(19)15-26)21-8-10-25(2,14-21)17-30-24(28)29/h6-7,12,21-23H,3-5,8-11,13-17H2,1-2H3,(H2,28,29)/t21-,22?,23?,25-,26?/m0/s1. The van der Waals surface area contributed by atoms with Crippen molar-refractivity contribution in [3.63, 3.8) is 0 Å². The van der Waals surface area contributed by atoms with E-state index in [1.165, 1.54) is 29.5 Å². The van der Waals surface area contributed by atoms with E-state index in [1.807, 2.05) is 0 Å². The van der Waals surface area contributed by atoms with Crippen LogP contribution in [0.25, 0.3) is 0 Å². The van der Waals surface area contributed by atoms with Gasteiger partial charge in [0, 0.05) is 17.2 Å². The Morgan fingerprint density at radius 2 is 2.13 bits per heavy atom. The highest BCUT2D eigenvalue weighted by Gasteiger charge is 2.43. The van der Waals surface area contributed by atoms with Gasteiger partial charge in [0.15, 0.2) is 0 Å². The van der Waals surface area contributed by atoms with Crippen LogP contribution in [0.1, 0.15) is 94.2 Å². The molecule has 5 atom stereocenters. The van der Waals surface area contributed by atoms with Crippen molar-refractivity contribution in [2.75, 3.05) is 6.61 Å². The third-order valence-electron chi connectivity index (χ3n) is 7.87. The molecule has 1 aromatic carbocycles. The van der Waals surface area contributed by atoms with Gasteiger partial charge in [-0.2, -0.15) is 0 Å². The number of unbranched alkanes of at least 4 members (excludes halogenated alkanes) is 1. The summed E-state index contributed by atoms with van der Waals surface area (Å²) in [6.45, 7) is 4.86. The lowest BCUT2D eigenvalue weighted by molar-refractivity contribution is -0.135. The quantitative estimate of drug-likeness (QED) is 0.523. The van der Waals surface area contributed by atoms with Crippen LogP contribution in [0.15, 0.2) is 18.2 Å². The molecule has 5 heteroatoms. The summed E-state index contributed by atoms with van der Waals surface area (Å²) < 4.78 is 11.8. The van der Waals surface area contributed by atoms with Crippen LogP contribution in [0.2, 0.25) is 0 Å². The predicted octanol–water partition coefficient (Wildman–Crippen LogP) is 6.26. The van der Waals surface area contributed by atoms with Gasteiger partial charge in [-0.1, -0.05) is 44.9 Å². The molecule has 4 rings (SSSR count). The van der Waals surface area contributed by atoms with Crippen molar-refractivity contribution in [3.8, 4) is 0 Å². The van der Waals surface area contributed by atoms with Crippen molar-refractivity contribution in [2.45, 2.75) is 107 Å². The Morgan fingerprint density at radius 3 is 2.90 bits per heavy atom. The minimum absolute atomic E-state index is 0.0262. The van der Waals surface area contributed by atoms with Gasteiger partial charge >= 0.3 is 6.09 Å². The van der Waals surface area contributed by atoms with Crippen molar-refractivity contribution in [1.82, 2.24) is 0 Å². The van der Waals surface area contributed by atoms with Gasteiger partial charge in [0.05, 0.1) is 18.3 Å². The highest BCUT2D eigenvalue weighted by Crippen LogP contribution is 2.48. The molecule has 2 N–H and O–H groups in total. The number of halogens is 1. The SMILES string of the molecule is CCCCC1CC(Cl)CC2(CCc3cc([C@H]4CC[C@](C)(COC(N)=O)C4)ccc3C2)O1. The van der Waals surface area contributed by atoms with E-state index in [0.717, 1.165) is 57.8 Å². The van der Waals surface area contributed by atoms with E-state index in [-0.39, 0.29) is 16.4 Å². The molecule has 3 unspecified atom stereocenters. The second-order valence-electron chi connectivity index (χ2n) is 10.7. The van der Waals surface area contributed by atoms with Gasteiger partial charge < -0.3 is 15.2 Å². The zero-order valence-corrected chi connectivity index (χ0v) is 19.9. The first-order chi connectivity index (χ1) is 14.8. The first kappa shape index (κ1) is 22.9. The number of hydrogen-bond donors (Lipinski definition) is 1. The molecule has 0 aromatic heterocycles. The van der Waals surface area contributed by atoms with E-state index in [0.29, 0.717) is 18.6 Å². The minimum Gasteiger partial charge on any atom is -0.449 e. The maximum absolute atomic E-state index is 11.0. The van der Waals surface area contributed by atoms with Crippen LogP contribution in [0.4, 0.5) is 4.79 Å². The van der Waals surface area contributed by atoms with Gasteiger partial charge in [0.1, 0.15) is 0 Å². The van der Waals surface area contributed by atoms with Crippen LogP contribution >= 0.6 is 11.6 Å². The molecule has 1 heterocycles. The summed E-state index contributed by atoms with van der Waals surface area (Å²) in [4.78, 5) is 11.0. The van der Waals surface area contributed by atoms with E-state index in [9.17, 15) is 4.79 Å². The zero-order valence-electron chi connectivity index (χ0n) is 19.1. The van der Waals surface area contributed by atoms with E-state index in [4.69, 9.17) is 26.8 Å². The number of hydrogen-bond acceptors (Lipinski definition) is 3. The normalized spacial score (nSPS) is 35.1. The Bertz CT molecular complexity index is 799. The molecule has 1 saturated heterocycles. The smallest absolute Gasteiger partial charge is 0.404 e. The van der Waals surface area contributed by atoms with Crippen molar-refractivity contribution in [1.29, 1.82) is 0 Å². The molecule has 1 saturated carbocycles. The zero-order chi connectivity index (χ0) is 22.1. The summed E-state index contributed by atoms with van der Waals surface area (Å²) in [5, 5.41) is 0.232. The van der Waals surface area contributed by atoms with Crippen LogP contribution in [0.5, 0.6) is 0 Å². The number of amides is 1. The molecule has 2 aliphatic carbocycles. The fraction of sp³-hybridized carbons (Fsp3) is 0.731. The van der Waals surface area contributed by atoms with Crippen molar-refractivity contribution < 1.29 is 14.3 Å². The Kier molecular flexibility index (Phi) is 6.88. The monoisotopic (exact) mass is 447 g/mol. The van der Waals surface area contributed by atoms with Gasteiger partial charge in [-0.05, 0) is 74.0 Å². The van der Waals surface area contributed by atoms with E-state index in [1.54, 1.807) is 0 Å². The van der Waals surface area contributed by atoms with E-state index < -0.39 is 6.09 Å². The van der Waals surface area contributed by atoms with Crippen molar-refractivity contribution >= 4 is 17.7 Å². The largest absolute Gasteiger partial charge is 0.449 e. The number of benzene rings is 1. The second kappa shape index (κ2) is 9.31. The molecule has 2 fully saturated rings. The highest BCUT2D eigenvalue weighted by molar-refractivity contribution is 6.20. The Labute approximate surface area is 192 Å². The summed E-state index contributed by atoms with van der Waals surface area (Å²) in [6, 6.07) is 7.09. The summed E-state index contributed by atoms with van der Waals surface area (Å²) >= 11 is 6.70. The highest BCUT2D eigenvalue weighted by atomic mass is 35.5. The molecule has 1 aliphatic heterocycles. The number of primary amides is 1. The Balaban J connectivity index is 1.43. The molecule has 1 spiro atoms. The summed E-state index contributed by atoms with van der Waals surface area (Å²) in [6.07, 6.45) is 11.5. The molecule has 1 amide bonds. The maximum Gasteiger partial charge on any atom is 0.404 e. The number of aryl methyl sites for hydroxylation is 1. The third kappa shape index (κ3) is 5.39. The lowest BCUT2D eigenvalue weighted by Gasteiger charge is -2.46. The van der Waals surface area contributed by atoms with Crippen LogP contribution in [-0.2, 0) is 22.3 Å². The molecule has 3 aliphatic rings. The molecule has 0 bridgehead atoms. The molecule has 31 heavy (non-hydrogen) atoms. The molecular formula is C26H38ClNO3. The number of carbonyl (C=O) groups is 1. The molecule has 172 valence electrons. The molecule has 1 aromatic rings.